The Morgan fingerprint density at radius 2 is 2.26 bits per heavy atom. The number of tetrazole rings is 1. The van der Waals surface area contributed by atoms with Crippen LogP contribution in [-0.4, -0.2) is 31.3 Å². The number of carboxylic acids is 1. The number of carboxylic acid groups (broad SMARTS) is 1. The van der Waals surface area contributed by atoms with Gasteiger partial charge in [-0.15, -0.1) is 16.4 Å². The molecule has 0 aliphatic rings. The molecule has 0 saturated heterocycles. The SMILES string of the molecule is CCc1ccsc1-c1nnnn1C(C)C(C)C(=O)O. The number of aromatic nitrogens is 4. The summed E-state index contributed by atoms with van der Waals surface area (Å²) in [4.78, 5) is 12.1. The van der Waals surface area contributed by atoms with E-state index < -0.39 is 11.9 Å². The van der Waals surface area contributed by atoms with Gasteiger partial charge in [0.05, 0.1) is 16.8 Å². The van der Waals surface area contributed by atoms with Gasteiger partial charge >= 0.3 is 5.97 Å². The normalized spacial score (nSPS) is 14.3. The lowest BCUT2D eigenvalue weighted by Crippen LogP contribution is -2.23. The third-order valence-corrected chi connectivity index (χ3v) is 4.28. The van der Waals surface area contributed by atoms with Crippen molar-refractivity contribution in [1.82, 2.24) is 20.2 Å². The standard InChI is InChI=1S/C12H16N4O2S/c1-4-9-5-6-19-10(9)11-13-14-15-16(11)8(3)7(2)12(17)18/h5-8H,4H2,1-3H3,(H,17,18). The number of aryl methyl sites for hydroxylation is 1. The number of rotatable bonds is 5. The van der Waals surface area contributed by atoms with Gasteiger partial charge in [0.1, 0.15) is 0 Å². The summed E-state index contributed by atoms with van der Waals surface area (Å²) in [6, 6.07) is 1.75. The Morgan fingerprint density at radius 1 is 1.53 bits per heavy atom. The zero-order valence-electron chi connectivity index (χ0n) is 11.1. The molecule has 0 saturated carbocycles. The molecular weight excluding hydrogens is 264 g/mol. The fourth-order valence-electron chi connectivity index (χ4n) is 1.85. The molecule has 2 aromatic heterocycles. The number of thiophene rings is 1. The lowest BCUT2D eigenvalue weighted by molar-refractivity contribution is -0.142. The summed E-state index contributed by atoms with van der Waals surface area (Å²) < 4.78 is 1.60. The average Bonchev–Trinajstić information content (AvgIpc) is 3.03. The van der Waals surface area contributed by atoms with Crippen molar-refractivity contribution >= 4 is 17.3 Å². The minimum absolute atomic E-state index is 0.297. The van der Waals surface area contributed by atoms with Crippen molar-refractivity contribution < 1.29 is 9.90 Å². The lowest BCUT2D eigenvalue weighted by atomic mass is 10.0. The molecule has 0 spiro atoms. The largest absolute Gasteiger partial charge is 0.481 e. The Kier molecular flexibility index (Phi) is 3.94. The van der Waals surface area contributed by atoms with Crippen LogP contribution in [0, 0.1) is 5.92 Å². The van der Waals surface area contributed by atoms with E-state index in [1.54, 1.807) is 22.9 Å². The summed E-state index contributed by atoms with van der Waals surface area (Å²) in [7, 11) is 0. The molecule has 1 N–H and O–H groups in total. The van der Waals surface area contributed by atoms with E-state index in [9.17, 15) is 4.79 Å². The molecule has 0 bridgehead atoms. The highest BCUT2D eigenvalue weighted by molar-refractivity contribution is 7.13. The van der Waals surface area contributed by atoms with Gasteiger partial charge in [0.25, 0.3) is 0 Å². The first-order valence-corrected chi connectivity index (χ1v) is 7.01. The van der Waals surface area contributed by atoms with Crippen LogP contribution in [0.3, 0.4) is 0 Å². The maximum absolute atomic E-state index is 11.1. The van der Waals surface area contributed by atoms with E-state index in [2.05, 4.69) is 22.4 Å². The highest BCUT2D eigenvalue weighted by atomic mass is 32.1. The zero-order valence-corrected chi connectivity index (χ0v) is 11.9. The second-order valence-corrected chi connectivity index (χ2v) is 5.36. The second kappa shape index (κ2) is 5.48. The topological polar surface area (TPSA) is 80.9 Å². The van der Waals surface area contributed by atoms with E-state index in [1.807, 2.05) is 18.4 Å². The quantitative estimate of drug-likeness (QED) is 0.908. The molecule has 2 unspecified atom stereocenters. The fraction of sp³-hybridized carbons (Fsp3) is 0.500. The third kappa shape index (κ3) is 2.51. The minimum Gasteiger partial charge on any atom is -0.481 e. The zero-order chi connectivity index (χ0) is 14.0. The Balaban J connectivity index is 2.40. The molecule has 0 aliphatic heterocycles. The first-order valence-electron chi connectivity index (χ1n) is 6.13. The van der Waals surface area contributed by atoms with Crippen molar-refractivity contribution in [3.63, 3.8) is 0 Å². The summed E-state index contributed by atoms with van der Waals surface area (Å²) in [5, 5.41) is 22.8. The molecule has 102 valence electrons. The summed E-state index contributed by atoms with van der Waals surface area (Å²) in [6.07, 6.45) is 0.897. The van der Waals surface area contributed by atoms with Crippen LogP contribution in [0.15, 0.2) is 11.4 Å². The van der Waals surface area contributed by atoms with E-state index >= 15 is 0 Å². The lowest BCUT2D eigenvalue weighted by Gasteiger charge is -2.17. The summed E-state index contributed by atoms with van der Waals surface area (Å²) in [5.41, 5.74) is 1.18. The van der Waals surface area contributed by atoms with Gasteiger partial charge in [-0.2, -0.15) is 0 Å². The molecular formula is C12H16N4O2S. The number of hydrogen-bond acceptors (Lipinski definition) is 5. The van der Waals surface area contributed by atoms with Crippen LogP contribution in [0.1, 0.15) is 32.4 Å². The Bertz CT molecular complexity index is 578. The van der Waals surface area contributed by atoms with Crippen LogP contribution in [0.2, 0.25) is 0 Å². The van der Waals surface area contributed by atoms with Crippen LogP contribution < -0.4 is 0 Å². The summed E-state index contributed by atoms with van der Waals surface area (Å²) in [5.74, 6) is -0.754. The molecule has 2 atom stereocenters. The Hall–Kier alpha value is -1.76. The molecule has 0 amide bonds. The van der Waals surface area contributed by atoms with E-state index in [4.69, 9.17) is 5.11 Å². The van der Waals surface area contributed by atoms with Crippen molar-refractivity contribution in [2.75, 3.05) is 0 Å². The maximum atomic E-state index is 11.1. The van der Waals surface area contributed by atoms with E-state index in [0.717, 1.165) is 11.3 Å². The Labute approximate surface area is 115 Å². The monoisotopic (exact) mass is 280 g/mol. The molecule has 6 nitrogen and oxygen atoms in total. The molecule has 0 aliphatic carbocycles. The third-order valence-electron chi connectivity index (χ3n) is 3.32. The van der Waals surface area contributed by atoms with Gasteiger partial charge < -0.3 is 5.11 Å². The van der Waals surface area contributed by atoms with Gasteiger partial charge in [0.2, 0.25) is 0 Å². The van der Waals surface area contributed by atoms with Gasteiger partial charge in [0, 0.05) is 0 Å². The predicted molar refractivity (Wildman–Crippen MR) is 72.0 cm³/mol. The molecule has 0 radical (unpaired) electrons. The highest BCUT2D eigenvalue weighted by Gasteiger charge is 2.26. The molecule has 7 heteroatoms. The van der Waals surface area contributed by atoms with Crippen LogP contribution in [0.5, 0.6) is 0 Å². The minimum atomic E-state index is -0.851. The van der Waals surface area contributed by atoms with Gasteiger partial charge in [-0.3, -0.25) is 4.79 Å². The molecule has 0 fully saturated rings. The molecule has 2 rings (SSSR count). The Morgan fingerprint density at radius 3 is 2.89 bits per heavy atom. The number of nitrogens with zero attached hydrogens (tertiary/aromatic N) is 4. The first kappa shape index (κ1) is 13.7. The van der Waals surface area contributed by atoms with Crippen molar-refractivity contribution in [3.05, 3.63) is 17.0 Å². The summed E-state index contributed by atoms with van der Waals surface area (Å²) >= 11 is 1.57. The van der Waals surface area contributed by atoms with Crippen LogP contribution >= 0.6 is 11.3 Å². The van der Waals surface area contributed by atoms with Gasteiger partial charge in [-0.05, 0) is 47.7 Å². The smallest absolute Gasteiger partial charge is 0.308 e. The van der Waals surface area contributed by atoms with Gasteiger partial charge in [-0.25, -0.2) is 4.68 Å². The predicted octanol–water partition coefficient (Wildman–Crippen LogP) is 2.25. The molecule has 2 heterocycles. The maximum Gasteiger partial charge on any atom is 0.308 e. The van der Waals surface area contributed by atoms with E-state index in [1.165, 1.54) is 5.56 Å². The van der Waals surface area contributed by atoms with Crippen LogP contribution in [-0.2, 0) is 11.2 Å². The van der Waals surface area contributed by atoms with Crippen molar-refractivity contribution in [1.29, 1.82) is 0 Å². The van der Waals surface area contributed by atoms with E-state index in [0.29, 0.717) is 5.82 Å². The van der Waals surface area contributed by atoms with Crippen molar-refractivity contribution in [3.8, 4) is 10.7 Å². The fourth-order valence-corrected chi connectivity index (χ4v) is 2.82. The van der Waals surface area contributed by atoms with Crippen LogP contribution in [0.4, 0.5) is 0 Å². The van der Waals surface area contributed by atoms with Crippen molar-refractivity contribution in [2.24, 2.45) is 5.92 Å². The van der Waals surface area contributed by atoms with E-state index in [-0.39, 0.29) is 6.04 Å². The number of aliphatic carboxylic acids is 1. The highest BCUT2D eigenvalue weighted by Crippen LogP contribution is 2.30. The number of hydrogen-bond donors (Lipinski definition) is 1. The number of carbonyl (C=O) groups is 1. The molecule has 19 heavy (non-hydrogen) atoms. The van der Waals surface area contributed by atoms with Gasteiger partial charge in [0.15, 0.2) is 5.82 Å². The average molecular weight is 280 g/mol. The molecule has 2 aromatic rings. The van der Waals surface area contributed by atoms with Gasteiger partial charge in [-0.1, -0.05) is 6.92 Å². The van der Waals surface area contributed by atoms with Crippen LogP contribution in [0.25, 0.3) is 10.7 Å². The first-order chi connectivity index (χ1) is 9.06. The molecule has 0 aromatic carbocycles. The van der Waals surface area contributed by atoms with Crippen molar-refractivity contribution in [2.45, 2.75) is 33.2 Å². The second-order valence-electron chi connectivity index (χ2n) is 4.44. The summed E-state index contributed by atoms with van der Waals surface area (Å²) in [6.45, 7) is 5.55.